The van der Waals surface area contributed by atoms with E-state index in [1.807, 2.05) is 0 Å². The van der Waals surface area contributed by atoms with E-state index in [0.29, 0.717) is 12.5 Å². The molecule has 2 fully saturated rings. The van der Waals surface area contributed by atoms with Crippen LogP contribution in [0.3, 0.4) is 0 Å². The topological polar surface area (TPSA) is 66.6 Å². The van der Waals surface area contributed by atoms with Crippen molar-refractivity contribution < 1.29 is 9.90 Å². The van der Waals surface area contributed by atoms with Crippen LogP contribution in [-0.2, 0) is 4.79 Å². The lowest BCUT2D eigenvalue weighted by atomic mass is 9.97. The second-order valence-electron chi connectivity index (χ2n) is 4.48. The van der Waals surface area contributed by atoms with Crippen LogP contribution in [0.15, 0.2) is 0 Å². The van der Waals surface area contributed by atoms with Gasteiger partial charge in [-0.05, 0) is 37.6 Å². The number of carbonyl (C=O) groups is 1. The van der Waals surface area contributed by atoms with Gasteiger partial charge in [0, 0.05) is 12.3 Å². The van der Waals surface area contributed by atoms with Crippen molar-refractivity contribution in [1.29, 1.82) is 0 Å². The van der Waals surface area contributed by atoms with E-state index in [0.717, 1.165) is 37.4 Å². The quantitative estimate of drug-likeness (QED) is 0.726. The van der Waals surface area contributed by atoms with Crippen molar-refractivity contribution in [1.82, 2.24) is 4.90 Å². The zero-order valence-corrected chi connectivity index (χ0v) is 9.63. The number of aliphatic carboxylic acids is 1. The summed E-state index contributed by atoms with van der Waals surface area (Å²) in [7, 11) is 0. The lowest BCUT2D eigenvalue weighted by molar-refractivity contribution is -0.149. The fraction of sp³-hybridized carbons (Fsp3) is 0.900. The molecule has 0 aromatic carbocycles. The third-order valence-corrected chi connectivity index (χ3v) is 4.80. The Morgan fingerprint density at radius 2 is 2.47 bits per heavy atom. The van der Waals surface area contributed by atoms with Gasteiger partial charge in [-0.1, -0.05) is 0 Å². The smallest absolute Gasteiger partial charge is 0.325 e. The maximum absolute atomic E-state index is 11.4. The van der Waals surface area contributed by atoms with Crippen LogP contribution in [-0.4, -0.2) is 52.7 Å². The zero-order chi connectivity index (χ0) is 10.9. The number of likely N-dealkylation sites (tertiary alicyclic amines) is 1. The molecule has 2 heterocycles. The molecule has 3 N–H and O–H groups in total. The Labute approximate surface area is 94.2 Å². The SMILES string of the molecule is NCC1CCN(C2(C(=O)O)CCSC2)C1. The molecule has 2 aliphatic heterocycles. The number of nitrogens with two attached hydrogens (primary N) is 1. The molecule has 2 aliphatic rings. The van der Waals surface area contributed by atoms with Crippen LogP contribution in [0.2, 0.25) is 0 Å². The monoisotopic (exact) mass is 230 g/mol. The van der Waals surface area contributed by atoms with Crippen molar-refractivity contribution in [3.63, 3.8) is 0 Å². The third-order valence-electron chi connectivity index (χ3n) is 3.62. The molecule has 2 unspecified atom stereocenters. The molecule has 0 aromatic heterocycles. The predicted octanol–water partition coefficient (Wildman–Crippen LogP) is 0.227. The van der Waals surface area contributed by atoms with Crippen LogP contribution in [0, 0.1) is 5.92 Å². The third kappa shape index (κ3) is 1.88. The van der Waals surface area contributed by atoms with E-state index < -0.39 is 11.5 Å². The molecule has 15 heavy (non-hydrogen) atoms. The second kappa shape index (κ2) is 4.31. The van der Waals surface area contributed by atoms with Crippen molar-refractivity contribution in [2.75, 3.05) is 31.1 Å². The van der Waals surface area contributed by atoms with E-state index in [1.165, 1.54) is 0 Å². The average molecular weight is 230 g/mol. The average Bonchev–Trinajstić information content (AvgIpc) is 2.87. The summed E-state index contributed by atoms with van der Waals surface area (Å²) in [6.45, 7) is 2.44. The molecule has 2 saturated heterocycles. The largest absolute Gasteiger partial charge is 0.480 e. The fourth-order valence-corrected chi connectivity index (χ4v) is 3.94. The highest BCUT2D eigenvalue weighted by Crippen LogP contribution is 2.36. The molecular formula is C10H18N2O2S. The maximum Gasteiger partial charge on any atom is 0.325 e. The lowest BCUT2D eigenvalue weighted by Crippen LogP contribution is -2.54. The number of carboxylic acids is 1. The zero-order valence-electron chi connectivity index (χ0n) is 8.82. The van der Waals surface area contributed by atoms with Gasteiger partial charge in [0.1, 0.15) is 5.54 Å². The number of hydrogen-bond acceptors (Lipinski definition) is 4. The van der Waals surface area contributed by atoms with Crippen LogP contribution >= 0.6 is 11.8 Å². The Kier molecular flexibility index (Phi) is 3.23. The number of thioether (sulfide) groups is 1. The van der Waals surface area contributed by atoms with Crippen molar-refractivity contribution in [3.05, 3.63) is 0 Å². The summed E-state index contributed by atoms with van der Waals surface area (Å²) in [5, 5.41) is 9.40. The van der Waals surface area contributed by atoms with Crippen molar-refractivity contribution in [2.45, 2.75) is 18.4 Å². The standard InChI is InChI=1S/C10H18N2O2S/c11-5-8-1-3-12(6-8)10(9(13)14)2-4-15-7-10/h8H,1-7,11H2,(H,13,14). The van der Waals surface area contributed by atoms with Crippen LogP contribution in [0.4, 0.5) is 0 Å². The van der Waals surface area contributed by atoms with E-state index in [9.17, 15) is 9.90 Å². The molecule has 0 aliphatic carbocycles. The van der Waals surface area contributed by atoms with Gasteiger partial charge in [-0.3, -0.25) is 9.69 Å². The number of hydrogen-bond donors (Lipinski definition) is 2. The van der Waals surface area contributed by atoms with Crippen molar-refractivity contribution in [3.8, 4) is 0 Å². The summed E-state index contributed by atoms with van der Waals surface area (Å²) in [5.41, 5.74) is 5.05. The minimum absolute atomic E-state index is 0.492. The first-order valence-electron chi connectivity index (χ1n) is 5.45. The Morgan fingerprint density at radius 3 is 2.93 bits per heavy atom. The summed E-state index contributed by atoms with van der Waals surface area (Å²) in [6, 6.07) is 0. The fourth-order valence-electron chi connectivity index (χ4n) is 2.52. The van der Waals surface area contributed by atoms with E-state index in [-0.39, 0.29) is 0 Å². The summed E-state index contributed by atoms with van der Waals surface area (Å²) >= 11 is 1.75. The van der Waals surface area contributed by atoms with Gasteiger partial charge in [0.05, 0.1) is 0 Å². The van der Waals surface area contributed by atoms with Gasteiger partial charge in [-0.2, -0.15) is 11.8 Å². The van der Waals surface area contributed by atoms with Gasteiger partial charge in [0.2, 0.25) is 0 Å². The second-order valence-corrected chi connectivity index (χ2v) is 5.58. The normalized spacial score (nSPS) is 37.3. The van der Waals surface area contributed by atoms with Crippen LogP contribution in [0.1, 0.15) is 12.8 Å². The molecule has 2 atom stereocenters. The van der Waals surface area contributed by atoms with Gasteiger partial charge in [0.15, 0.2) is 0 Å². The summed E-state index contributed by atoms with van der Waals surface area (Å²) in [4.78, 5) is 13.6. The van der Waals surface area contributed by atoms with E-state index in [2.05, 4.69) is 4.90 Å². The Balaban J connectivity index is 2.09. The number of nitrogens with zero attached hydrogens (tertiary/aromatic N) is 1. The molecule has 5 heteroatoms. The molecular weight excluding hydrogens is 212 g/mol. The molecule has 4 nitrogen and oxygen atoms in total. The van der Waals surface area contributed by atoms with Crippen LogP contribution in [0.25, 0.3) is 0 Å². The highest BCUT2D eigenvalue weighted by Gasteiger charge is 2.48. The lowest BCUT2D eigenvalue weighted by Gasteiger charge is -2.34. The van der Waals surface area contributed by atoms with Crippen LogP contribution in [0.5, 0.6) is 0 Å². The summed E-state index contributed by atoms with van der Waals surface area (Å²) in [6.07, 6.45) is 1.83. The maximum atomic E-state index is 11.4. The molecule has 0 amide bonds. The molecule has 2 rings (SSSR count). The Hall–Kier alpha value is -0.260. The van der Waals surface area contributed by atoms with Crippen LogP contribution < -0.4 is 5.73 Å². The van der Waals surface area contributed by atoms with Gasteiger partial charge < -0.3 is 10.8 Å². The first kappa shape index (κ1) is 11.2. The highest BCUT2D eigenvalue weighted by atomic mass is 32.2. The van der Waals surface area contributed by atoms with E-state index in [1.54, 1.807) is 11.8 Å². The predicted molar refractivity (Wildman–Crippen MR) is 61.0 cm³/mol. The highest BCUT2D eigenvalue weighted by molar-refractivity contribution is 7.99. The molecule has 86 valence electrons. The van der Waals surface area contributed by atoms with Gasteiger partial charge >= 0.3 is 5.97 Å². The van der Waals surface area contributed by atoms with Gasteiger partial charge in [-0.25, -0.2) is 0 Å². The molecule has 0 aromatic rings. The summed E-state index contributed by atoms with van der Waals surface area (Å²) < 4.78 is 0. The molecule has 0 radical (unpaired) electrons. The van der Waals surface area contributed by atoms with Crippen molar-refractivity contribution in [2.24, 2.45) is 11.7 Å². The van der Waals surface area contributed by atoms with Crippen molar-refractivity contribution >= 4 is 17.7 Å². The Morgan fingerprint density at radius 1 is 1.67 bits per heavy atom. The van der Waals surface area contributed by atoms with E-state index in [4.69, 9.17) is 5.73 Å². The Bertz CT molecular complexity index is 254. The summed E-state index contributed by atoms with van der Waals surface area (Å²) in [5.74, 6) is 1.55. The minimum atomic E-state index is -0.648. The minimum Gasteiger partial charge on any atom is -0.480 e. The molecule has 0 saturated carbocycles. The number of carboxylic acid groups (broad SMARTS) is 1. The first-order chi connectivity index (χ1) is 7.19. The molecule has 0 bridgehead atoms. The van der Waals surface area contributed by atoms with E-state index >= 15 is 0 Å². The first-order valence-corrected chi connectivity index (χ1v) is 6.61. The molecule has 0 spiro atoms. The number of rotatable bonds is 3. The van der Waals surface area contributed by atoms with Gasteiger partial charge in [0.25, 0.3) is 0 Å². The van der Waals surface area contributed by atoms with Gasteiger partial charge in [-0.15, -0.1) is 0 Å².